The number of imidazole rings is 1. The van der Waals surface area contributed by atoms with Crippen LogP contribution in [0.25, 0.3) is 44.6 Å². The largest absolute Gasteiger partial charge is 0.413 e. The topological polar surface area (TPSA) is 38.9 Å². The van der Waals surface area contributed by atoms with Crippen LogP contribution in [0.2, 0.25) is 0 Å². The van der Waals surface area contributed by atoms with E-state index in [0.29, 0.717) is 0 Å². The molecular weight excluding hydrogens is 898 g/mol. The molecule has 293 valence electrons. The van der Waals surface area contributed by atoms with Crippen LogP contribution < -0.4 is 5.46 Å². The Kier molecular flexibility index (Phi) is 10.8. The summed E-state index contributed by atoms with van der Waals surface area (Å²) in [7, 11) is 0. The van der Waals surface area contributed by atoms with Crippen LogP contribution in [-0.4, -0.2) is 30.8 Å². The number of aryl methyl sites for hydroxylation is 4. The summed E-state index contributed by atoms with van der Waals surface area (Å²) in [6.07, 6.45) is 12.7. The minimum atomic E-state index is -0.0541. The van der Waals surface area contributed by atoms with Gasteiger partial charge in [0.2, 0.25) is 0 Å². The number of hydrogen-bond acceptors (Lipinski definition) is 3. The van der Waals surface area contributed by atoms with Gasteiger partial charge in [0, 0.05) is 55.1 Å². The van der Waals surface area contributed by atoms with Crippen molar-refractivity contribution < 1.29 is 20.1 Å². The second kappa shape index (κ2) is 16.0. The molecule has 2 aliphatic rings. The number of hydrogen-bond donors (Lipinski definition) is 0. The molecule has 59 heavy (non-hydrogen) atoms. The van der Waals surface area contributed by atoms with Crippen molar-refractivity contribution in [3.05, 3.63) is 209 Å². The van der Waals surface area contributed by atoms with Crippen LogP contribution in [0, 0.1) is 39.8 Å². The molecule has 3 aromatic heterocycles. The van der Waals surface area contributed by atoms with Crippen molar-refractivity contribution in [3.8, 4) is 17.2 Å². The van der Waals surface area contributed by atoms with E-state index in [4.69, 9.17) is 4.98 Å². The third kappa shape index (κ3) is 7.03. The molecule has 0 aliphatic carbocycles. The van der Waals surface area contributed by atoms with Gasteiger partial charge in [-0.15, -0.1) is 41.3 Å². The number of fused-ring (bicyclic) bond motifs is 5. The number of aromatic nitrogens is 4. The fourth-order valence-electron chi connectivity index (χ4n) is 8.72. The summed E-state index contributed by atoms with van der Waals surface area (Å²) in [6, 6.07) is 46.9. The van der Waals surface area contributed by atoms with Gasteiger partial charge in [-0.3, -0.25) is 4.98 Å². The molecule has 0 spiro atoms. The molecule has 10 rings (SSSR count). The van der Waals surface area contributed by atoms with E-state index < -0.39 is 0 Å². The Hall–Kier alpha value is -6.01. The average molecular weight is 944 g/mol. The molecule has 5 aromatic carbocycles. The predicted octanol–water partition coefficient (Wildman–Crippen LogP) is 11.3. The molecule has 0 amide bonds. The van der Waals surface area contributed by atoms with Crippen molar-refractivity contribution in [1.29, 1.82) is 0 Å². The Balaban J connectivity index is 0.000000175. The minimum absolute atomic E-state index is 0. The number of allylic oxidation sites excluding steroid dienone is 3. The minimum Gasteiger partial charge on any atom is -0.386 e. The van der Waals surface area contributed by atoms with Crippen LogP contribution in [0.4, 0.5) is 0 Å². The van der Waals surface area contributed by atoms with Gasteiger partial charge >= 0.3 is 6.98 Å². The van der Waals surface area contributed by atoms with E-state index in [2.05, 4.69) is 201 Å². The summed E-state index contributed by atoms with van der Waals surface area (Å²) >= 11 is 0. The van der Waals surface area contributed by atoms with Crippen LogP contribution in [0.1, 0.15) is 59.8 Å². The van der Waals surface area contributed by atoms with Gasteiger partial charge in [-0.1, -0.05) is 98.1 Å². The van der Waals surface area contributed by atoms with Crippen molar-refractivity contribution in [2.45, 2.75) is 53.9 Å². The molecule has 5 nitrogen and oxygen atoms in total. The molecule has 0 bridgehead atoms. The van der Waals surface area contributed by atoms with E-state index in [1.165, 1.54) is 66.4 Å². The molecule has 0 fully saturated rings. The van der Waals surface area contributed by atoms with Gasteiger partial charge in [-0.25, -0.2) is 4.98 Å². The first-order valence-corrected chi connectivity index (χ1v) is 20.0. The van der Waals surface area contributed by atoms with Crippen LogP contribution in [0.5, 0.6) is 0 Å². The molecule has 1 radical (unpaired) electrons. The van der Waals surface area contributed by atoms with E-state index in [9.17, 15) is 0 Å². The second-order valence-corrected chi connectivity index (χ2v) is 16.4. The van der Waals surface area contributed by atoms with E-state index in [1.54, 1.807) is 0 Å². The third-order valence-corrected chi connectivity index (χ3v) is 11.5. The van der Waals surface area contributed by atoms with Crippen LogP contribution in [0.3, 0.4) is 0 Å². The Morgan fingerprint density at radius 3 is 2.10 bits per heavy atom. The molecule has 0 saturated carbocycles. The fraction of sp³-hybridized carbons (Fsp3) is 0.154. The van der Waals surface area contributed by atoms with E-state index in [1.807, 2.05) is 30.5 Å². The quantitative estimate of drug-likeness (QED) is 0.130. The summed E-state index contributed by atoms with van der Waals surface area (Å²) in [4.78, 5) is 12.1. The van der Waals surface area contributed by atoms with Gasteiger partial charge < -0.3 is 13.9 Å². The normalized spacial score (nSPS) is 13.3. The van der Waals surface area contributed by atoms with Gasteiger partial charge in [0.05, 0.1) is 5.69 Å². The van der Waals surface area contributed by atoms with Crippen LogP contribution >= 0.6 is 0 Å². The Bertz CT molecular complexity index is 2850. The van der Waals surface area contributed by atoms with Crippen molar-refractivity contribution in [2.24, 2.45) is 0 Å². The number of nitrogens with zero attached hydrogens (tertiary/aromatic N) is 5. The maximum Gasteiger partial charge on any atom is 0.413 e. The smallest absolute Gasteiger partial charge is 0.386 e. The van der Waals surface area contributed by atoms with Gasteiger partial charge in [0.15, 0.2) is 0 Å². The van der Waals surface area contributed by atoms with Gasteiger partial charge in [0.1, 0.15) is 5.82 Å². The summed E-state index contributed by atoms with van der Waals surface area (Å²) in [6.45, 7) is 15.4. The summed E-state index contributed by atoms with van der Waals surface area (Å²) in [5.41, 5.74) is 15.8. The standard InChI is InChI=1S/C31H27BN3.C21H19N2.Ir/c1-21-12-10-13-22(2)28(21)29-26-18-8-9-19-34(26)32(30-23(3)14-11-15-24(30)4)35-27(29)20-33-31(35)25-16-6-5-7-17-25;1-21(2,3)15-12-13-22-20(14-15)23-18-10-6-4-8-16(18)17-9-5-7-11-19(17)23;/h5-16,18-20H,1-4H3;4-10,12-14H,1-3H3;/q2*-1;. The zero-order valence-corrected chi connectivity index (χ0v) is 37.0. The predicted molar refractivity (Wildman–Crippen MR) is 241 cm³/mol. The monoisotopic (exact) mass is 944 g/mol. The van der Waals surface area contributed by atoms with E-state index >= 15 is 0 Å². The Morgan fingerprint density at radius 2 is 1.37 bits per heavy atom. The number of para-hydroxylation sites is 2. The molecule has 7 heteroatoms. The maximum absolute atomic E-state index is 5.02. The molecule has 0 saturated heterocycles. The molecule has 0 atom stereocenters. The first kappa shape index (κ1) is 39.8. The van der Waals surface area contributed by atoms with Crippen LogP contribution in [0.15, 0.2) is 158 Å². The average Bonchev–Trinajstić information content (AvgIpc) is 3.82. The fourth-order valence-corrected chi connectivity index (χ4v) is 8.72. The van der Waals surface area contributed by atoms with Gasteiger partial charge in [-0.05, 0) is 103 Å². The summed E-state index contributed by atoms with van der Waals surface area (Å²) in [5.74, 6) is 1.88. The number of pyridine rings is 1. The van der Waals surface area contributed by atoms with E-state index in [0.717, 1.165) is 28.4 Å². The Morgan fingerprint density at radius 1 is 0.678 bits per heavy atom. The summed E-state index contributed by atoms with van der Waals surface area (Å²) in [5, 5.41) is 2.45. The van der Waals surface area contributed by atoms with E-state index in [-0.39, 0.29) is 32.5 Å². The van der Waals surface area contributed by atoms with Crippen molar-refractivity contribution in [1.82, 2.24) is 23.8 Å². The molecule has 5 heterocycles. The first-order chi connectivity index (χ1) is 28.1. The summed E-state index contributed by atoms with van der Waals surface area (Å²) < 4.78 is 4.62. The molecule has 0 unspecified atom stereocenters. The SMILES string of the molecule is CC(C)(C)c1ccnc(-n2c3[c-]cccc3c3ccccc32)c1.Cc1cccc(C)c1B1N2C=CC=CC2=C(c2c(C)cccc2C)c2cnc(-c3[c-]cccc3)n21.[Ir]. The molecule has 8 aromatic rings. The van der Waals surface area contributed by atoms with Gasteiger partial charge in [-0.2, -0.15) is 24.3 Å². The molecular formula is C52H46BIrN5-2. The molecule has 0 N–H and O–H groups in total. The zero-order chi connectivity index (χ0) is 40.1. The second-order valence-electron chi connectivity index (χ2n) is 16.4. The van der Waals surface area contributed by atoms with Crippen molar-refractivity contribution in [2.75, 3.05) is 0 Å². The zero-order valence-electron chi connectivity index (χ0n) is 34.6. The maximum atomic E-state index is 5.02. The van der Waals surface area contributed by atoms with Crippen molar-refractivity contribution in [3.63, 3.8) is 0 Å². The number of rotatable bonds is 4. The Labute approximate surface area is 361 Å². The molecule has 2 aliphatic heterocycles. The van der Waals surface area contributed by atoms with Crippen LogP contribution in [-0.2, 0) is 25.5 Å². The number of benzene rings is 5. The first-order valence-electron chi connectivity index (χ1n) is 20.0. The van der Waals surface area contributed by atoms with Crippen molar-refractivity contribution >= 4 is 39.8 Å². The van der Waals surface area contributed by atoms with Gasteiger partial charge in [0.25, 0.3) is 0 Å². The third-order valence-electron chi connectivity index (χ3n) is 11.5.